The minimum atomic E-state index is -0.221. The SMILES string of the molecule is CC(=O)c1ncc(C(=O)NCC2CC(=O)N(C3CCCC3)C2)s1. The van der Waals surface area contributed by atoms with Crippen LogP contribution in [0.5, 0.6) is 0 Å². The normalized spacial score (nSPS) is 21.9. The molecule has 124 valence electrons. The molecule has 0 aromatic carbocycles. The summed E-state index contributed by atoms with van der Waals surface area (Å²) in [5.74, 6) is 0.0319. The van der Waals surface area contributed by atoms with E-state index < -0.39 is 0 Å². The summed E-state index contributed by atoms with van der Waals surface area (Å²) in [6.45, 7) is 2.66. The summed E-state index contributed by atoms with van der Waals surface area (Å²) < 4.78 is 0. The minimum absolute atomic E-state index is 0.136. The van der Waals surface area contributed by atoms with Crippen LogP contribution < -0.4 is 5.32 Å². The Morgan fingerprint density at radius 1 is 1.39 bits per heavy atom. The molecule has 2 heterocycles. The summed E-state index contributed by atoms with van der Waals surface area (Å²) in [6, 6.07) is 0.405. The molecule has 1 aromatic heterocycles. The number of aromatic nitrogens is 1. The van der Waals surface area contributed by atoms with Gasteiger partial charge in [0.1, 0.15) is 4.88 Å². The molecule has 1 aliphatic carbocycles. The van der Waals surface area contributed by atoms with Crippen molar-refractivity contribution in [1.82, 2.24) is 15.2 Å². The Morgan fingerprint density at radius 2 is 2.13 bits per heavy atom. The predicted octanol–water partition coefficient (Wildman–Crippen LogP) is 1.87. The van der Waals surface area contributed by atoms with E-state index in [1.807, 2.05) is 4.90 Å². The Bertz CT molecular complexity index is 622. The second-order valence-electron chi connectivity index (χ2n) is 6.35. The molecule has 0 radical (unpaired) electrons. The van der Waals surface area contributed by atoms with E-state index in [1.54, 1.807) is 0 Å². The van der Waals surface area contributed by atoms with E-state index >= 15 is 0 Å². The highest BCUT2D eigenvalue weighted by molar-refractivity contribution is 7.15. The van der Waals surface area contributed by atoms with Gasteiger partial charge in [-0.1, -0.05) is 12.8 Å². The van der Waals surface area contributed by atoms with Crippen molar-refractivity contribution in [1.29, 1.82) is 0 Å². The van der Waals surface area contributed by atoms with E-state index in [0.717, 1.165) is 30.7 Å². The first kappa shape index (κ1) is 16.1. The molecule has 0 bridgehead atoms. The van der Waals surface area contributed by atoms with Crippen LogP contribution in [0.3, 0.4) is 0 Å². The fourth-order valence-corrected chi connectivity index (χ4v) is 4.11. The smallest absolute Gasteiger partial charge is 0.263 e. The molecule has 0 spiro atoms. The number of carbonyl (C=O) groups excluding carboxylic acids is 3. The lowest BCUT2D eigenvalue weighted by Gasteiger charge is -2.24. The largest absolute Gasteiger partial charge is 0.351 e. The molecule has 1 unspecified atom stereocenters. The number of amides is 2. The van der Waals surface area contributed by atoms with E-state index in [0.29, 0.717) is 28.9 Å². The van der Waals surface area contributed by atoms with E-state index in [9.17, 15) is 14.4 Å². The summed E-state index contributed by atoms with van der Waals surface area (Å²) in [7, 11) is 0. The van der Waals surface area contributed by atoms with Gasteiger partial charge in [-0.25, -0.2) is 4.98 Å². The molecule has 1 saturated carbocycles. The summed E-state index contributed by atoms with van der Waals surface area (Å²) >= 11 is 1.10. The summed E-state index contributed by atoms with van der Waals surface area (Å²) in [5, 5.41) is 3.21. The number of ketones is 1. The number of rotatable bonds is 5. The zero-order valence-corrected chi connectivity index (χ0v) is 14.0. The maximum Gasteiger partial charge on any atom is 0.263 e. The van der Waals surface area contributed by atoms with Crippen LogP contribution in [0.25, 0.3) is 0 Å². The third-order valence-corrected chi connectivity index (χ3v) is 5.68. The summed E-state index contributed by atoms with van der Waals surface area (Å²) in [6.07, 6.45) is 6.58. The van der Waals surface area contributed by atoms with Crippen LogP contribution in [0.15, 0.2) is 6.20 Å². The van der Waals surface area contributed by atoms with Gasteiger partial charge < -0.3 is 10.2 Å². The highest BCUT2D eigenvalue weighted by Crippen LogP contribution is 2.29. The fourth-order valence-electron chi connectivity index (χ4n) is 3.38. The molecule has 1 aliphatic heterocycles. The maximum atomic E-state index is 12.1. The molecule has 23 heavy (non-hydrogen) atoms. The Hall–Kier alpha value is -1.76. The van der Waals surface area contributed by atoms with Crippen molar-refractivity contribution in [2.75, 3.05) is 13.1 Å². The van der Waals surface area contributed by atoms with Gasteiger partial charge in [0.15, 0.2) is 10.8 Å². The van der Waals surface area contributed by atoms with Gasteiger partial charge in [0.25, 0.3) is 5.91 Å². The Morgan fingerprint density at radius 3 is 2.78 bits per heavy atom. The quantitative estimate of drug-likeness (QED) is 0.833. The van der Waals surface area contributed by atoms with Gasteiger partial charge in [-0.2, -0.15) is 0 Å². The van der Waals surface area contributed by atoms with Gasteiger partial charge in [-0.3, -0.25) is 14.4 Å². The van der Waals surface area contributed by atoms with Crippen LogP contribution in [-0.4, -0.2) is 46.6 Å². The van der Waals surface area contributed by atoms with Crippen molar-refractivity contribution >= 4 is 28.9 Å². The first-order valence-corrected chi connectivity index (χ1v) is 8.90. The lowest BCUT2D eigenvalue weighted by atomic mass is 10.1. The highest BCUT2D eigenvalue weighted by atomic mass is 32.1. The molecule has 1 saturated heterocycles. The van der Waals surface area contributed by atoms with Gasteiger partial charge in [0.05, 0.1) is 6.20 Å². The number of hydrogen-bond donors (Lipinski definition) is 1. The van der Waals surface area contributed by atoms with Gasteiger partial charge >= 0.3 is 0 Å². The van der Waals surface area contributed by atoms with Gasteiger partial charge in [0.2, 0.25) is 5.91 Å². The molecular formula is C16H21N3O3S. The van der Waals surface area contributed by atoms with E-state index in [4.69, 9.17) is 0 Å². The van der Waals surface area contributed by atoms with E-state index in [1.165, 1.54) is 26.0 Å². The molecule has 1 N–H and O–H groups in total. The number of hydrogen-bond acceptors (Lipinski definition) is 5. The molecule has 1 aromatic rings. The fraction of sp³-hybridized carbons (Fsp3) is 0.625. The van der Waals surface area contributed by atoms with Gasteiger partial charge in [-0.05, 0) is 12.8 Å². The molecule has 7 heteroatoms. The van der Waals surface area contributed by atoms with Crippen LogP contribution >= 0.6 is 11.3 Å². The molecule has 2 fully saturated rings. The number of nitrogens with one attached hydrogen (secondary N) is 1. The summed E-state index contributed by atoms with van der Waals surface area (Å²) in [5.41, 5.74) is 0. The third-order valence-electron chi connectivity index (χ3n) is 4.59. The highest BCUT2D eigenvalue weighted by Gasteiger charge is 2.35. The molecule has 3 rings (SSSR count). The van der Waals surface area contributed by atoms with Crippen LogP contribution in [0, 0.1) is 5.92 Å². The molecule has 1 atom stereocenters. The van der Waals surface area contributed by atoms with Gasteiger partial charge in [0, 0.05) is 38.4 Å². The van der Waals surface area contributed by atoms with E-state index in [-0.39, 0.29) is 23.5 Å². The molecule has 6 nitrogen and oxygen atoms in total. The number of likely N-dealkylation sites (tertiary alicyclic amines) is 1. The molecule has 2 amide bonds. The second kappa shape index (κ2) is 6.78. The maximum absolute atomic E-state index is 12.1. The van der Waals surface area contributed by atoms with Crippen molar-refractivity contribution in [3.63, 3.8) is 0 Å². The predicted molar refractivity (Wildman–Crippen MR) is 86.5 cm³/mol. The van der Waals surface area contributed by atoms with Crippen LogP contribution in [0.2, 0.25) is 0 Å². The monoisotopic (exact) mass is 335 g/mol. The zero-order chi connectivity index (χ0) is 16.4. The lowest BCUT2D eigenvalue weighted by Crippen LogP contribution is -2.35. The van der Waals surface area contributed by atoms with Crippen LogP contribution in [-0.2, 0) is 4.79 Å². The summed E-state index contributed by atoms with van der Waals surface area (Å²) in [4.78, 5) is 41.8. The zero-order valence-electron chi connectivity index (χ0n) is 13.2. The molecular weight excluding hydrogens is 314 g/mol. The van der Waals surface area contributed by atoms with Crippen molar-refractivity contribution < 1.29 is 14.4 Å². The van der Waals surface area contributed by atoms with Gasteiger partial charge in [-0.15, -0.1) is 11.3 Å². The lowest BCUT2D eigenvalue weighted by molar-refractivity contribution is -0.129. The van der Waals surface area contributed by atoms with E-state index in [2.05, 4.69) is 10.3 Å². The molecule has 2 aliphatic rings. The van der Waals surface area contributed by atoms with Crippen molar-refractivity contribution in [2.45, 2.75) is 45.1 Å². The van der Waals surface area contributed by atoms with Crippen molar-refractivity contribution in [3.05, 3.63) is 16.1 Å². The average Bonchev–Trinajstić information content (AvgIpc) is 3.24. The van der Waals surface area contributed by atoms with Crippen LogP contribution in [0.4, 0.5) is 0 Å². The third kappa shape index (κ3) is 3.60. The Kier molecular flexibility index (Phi) is 4.75. The Balaban J connectivity index is 1.51. The second-order valence-corrected chi connectivity index (χ2v) is 7.38. The standard InChI is InChI=1S/C16H21N3O3S/c1-10(20)16-18-8-13(23-16)15(22)17-7-11-6-14(21)19(9-11)12-4-2-3-5-12/h8,11-12H,2-7,9H2,1H3,(H,17,22). The average molecular weight is 335 g/mol. The first-order valence-electron chi connectivity index (χ1n) is 8.09. The topological polar surface area (TPSA) is 79.4 Å². The van der Waals surface area contributed by atoms with Crippen molar-refractivity contribution in [2.24, 2.45) is 5.92 Å². The minimum Gasteiger partial charge on any atom is -0.351 e. The van der Waals surface area contributed by atoms with Crippen LogP contribution in [0.1, 0.15) is 58.5 Å². The number of thiazole rings is 1. The Labute approximate surface area is 139 Å². The number of carbonyl (C=O) groups is 3. The van der Waals surface area contributed by atoms with Crippen molar-refractivity contribution in [3.8, 4) is 0 Å². The number of Topliss-reactive ketones (excluding diaryl/α,β-unsaturated/α-hetero) is 1. The number of nitrogens with zero attached hydrogens (tertiary/aromatic N) is 2. The first-order chi connectivity index (χ1) is 11.0.